The molecule has 0 bridgehead atoms. The number of likely N-dealkylation sites (tertiary alicyclic amines) is 1. The number of carboxylic acid groups (broad SMARTS) is 1. The van der Waals surface area contributed by atoms with Gasteiger partial charge in [-0.3, -0.25) is 9.69 Å². The van der Waals surface area contributed by atoms with Gasteiger partial charge >= 0.3 is 5.97 Å². The molecule has 1 aliphatic heterocycles. The molecule has 5 nitrogen and oxygen atoms in total. The molecule has 0 radical (unpaired) electrons. The number of rotatable bonds is 4. The molecule has 2 heterocycles. The maximum atomic E-state index is 11.7. The normalized spacial score (nSPS) is 26.5. The second-order valence-electron chi connectivity index (χ2n) is 7.03. The predicted octanol–water partition coefficient (Wildman–Crippen LogP) is 4.21. The summed E-state index contributed by atoms with van der Waals surface area (Å²) in [6.07, 6.45) is 6.98. The smallest absolute Gasteiger partial charge is 0.320 e. The van der Waals surface area contributed by atoms with Crippen LogP contribution in [0.5, 0.6) is 0 Å². The van der Waals surface area contributed by atoms with Crippen molar-refractivity contribution in [2.75, 3.05) is 0 Å². The van der Waals surface area contributed by atoms with Crippen molar-refractivity contribution in [3.05, 3.63) is 41.2 Å². The van der Waals surface area contributed by atoms with Gasteiger partial charge in [-0.05, 0) is 43.4 Å². The van der Waals surface area contributed by atoms with Crippen LogP contribution in [0.3, 0.4) is 0 Å². The molecular weight excluding hydrogens is 340 g/mol. The van der Waals surface area contributed by atoms with Gasteiger partial charge in [-0.2, -0.15) is 0 Å². The molecule has 1 saturated heterocycles. The van der Waals surface area contributed by atoms with Crippen LogP contribution in [0.25, 0.3) is 11.5 Å². The van der Waals surface area contributed by atoms with Crippen LogP contribution in [0.1, 0.15) is 37.8 Å². The lowest BCUT2D eigenvalue weighted by Gasteiger charge is -2.32. The average Bonchev–Trinajstić information content (AvgIpc) is 3.21. The molecule has 1 saturated carbocycles. The average molecular weight is 361 g/mol. The number of benzene rings is 1. The highest BCUT2D eigenvalue weighted by Gasteiger charge is 2.45. The summed E-state index contributed by atoms with van der Waals surface area (Å²) in [6, 6.07) is 7.30. The van der Waals surface area contributed by atoms with Crippen LogP contribution >= 0.6 is 11.6 Å². The summed E-state index contributed by atoms with van der Waals surface area (Å²) in [6.45, 7) is 0.516. The molecule has 2 aromatic rings. The number of carbonyl (C=O) groups is 1. The number of aliphatic carboxylic acids is 1. The summed E-state index contributed by atoms with van der Waals surface area (Å²) < 4.78 is 5.60. The number of aromatic nitrogens is 1. The maximum Gasteiger partial charge on any atom is 0.320 e. The van der Waals surface area contributed by atoms with E-state index in [0.29, 0.717) is 29.4 Å². The van der Waals surface area contributed by atoms with Gasteiger partial charge in [-0.1, -0.05) is 30.5 Å². The summed E-state index contributed by atoms with van der Waals surface area (Å²) in [5, 5.41) is 10.3. The highest BCUT2D eigenvalue weighted by atomic mass is 35.5. The molecule has 3 atom stereocenters. The zero-order valence-corrected chi connectivity index (χ0v) is 14.7. The van der Waals surface area contributed by atoms with E-state index >= 15 is 0 Å². The Labute approximate surface area is 151 Å². The summed E-state index contributed by atoms with van der Waals surface area (Å²) in [4.78, 5) is 18.4. The van der Waals surface area contributed by atoms with E-state index < -0.39 is 12.0 Å². The van der Waals surface area contributed by atoms with Gasteiger partial charge in [0.25, 0.3) is 0 Å². The van der Waals surface area contributed by atoms with E-state index in [1.54, 1.807) is 12.3 Å². The van der Waals surface area contributed by atoms with Gasteiger partial charge in [0.2, 0.25) is 5.89 Å². The van der Waals surface area contributed by atoms with E-state index in [9.17, 15) is 9.90 Å². The fourth-order valence-corrected chi connectivity index (χ4v) is 4.53. The number of halogens is 1. The lowest BCUT2D eigenvalue weighted by molar-refractivity contribution is -0.142. The second-order valence-corrected chi connectivity index (χ2v) is 7.46. The minimum Gasteiger partial charge on any atom is -0.480 e. The molecule has 1 aliphatic carbocycles. The first-order valence-corrected chi connectivity index (χ1v) is 9.18. The van der Waals surface area contributed by atoms with Crippen LogP contribution in [0.2, 0.25) is 5.02 Å². The Morgan fingerprint density at radius 1 is 1.36 bits per heavy atom. The molecule has 1 aromatic heterocycles. The standard InChI is InChI=1S/C19H21ClN2O3/c20-14-6-3-5-13(8-14)18-21-15(11-25-18)10-22-16-7-2-1-4-12(16)9-17(22)19(23)24/h3,5-6,8,11-12,16-17H,1-2,4,7,9-10H2,(H,23,24). The minimum absolute atomic E-state index is 0.348. The molecule has 1 N–H and O–H groups in total. The number of carboxylic acids is 1. The Kier molecular flexibility index (Phi) is 4.52. The number of oxazole rings is 1. The van der Waals surface area contributed by atoms with Crippen LogP contribution in [-0.2, 0) is 11.3 Å². The van der Waals surface area contributed by atoms with Gasteiger partial charge in [0.15, 0.2) is 0 Å². The number of nitrogens with zero attached hydrogens (tertiary/aromatic N) is 2. The zero-order chi connectivity index (χ0) is 17.4. The van der Waals surface area contributed by atoms with Crippen molar-refractivity contribution in [1.82, 2.24) is 9.88 Å². The molecule has 3 unspecified atom stereocenters. The van der Waals surface area contributed by atoms with Gasteiger partial charge < -0.3 is 9.52 Å². The molecule has 0 spiro atoms. The SMILES string of the molecule is O=C(O)C1CC2CCCCC2N1Cc1coc(-c2cccc(Cl)c2)n1. The van der Waals surface area contributed by atoms with Crippen LogP contribution in [0.4, 0.5) is 0 Å². The molecule has 2 aliphatic rings. The molecule has 4 rings (SSSR count). The summed E-state index contributed by atoms with van der Waals surface area (Å²) in [5.41, 5.74) is 1.60. The molecule has 25 heavy (non-hydrogen) atoms. The lowest BCUT2D eigenvalue weighted by Crippen LogP contribution is -2.41. The summed E-state index contributed by atoms with van der Waals surface area (Å²) in [7, 11) is 0. The first-order valence-electron chi connectivity index (χ1n) is 8.80. The van der Waals surface area contributed by atoms with Crippen molar-refractivity contribution in [3.63, 3.8) is 0 Å². The van der Waals surface area contributed by atoms with Gasteiger partial charge in [0.1, 0.15) is 12.3 Å². The van der Waals surface area contributed by atoms with Crippen LogP contribution in [0, 0.1) is 5.92 Å². The Hall–Kier alpha value is -1.85. The Morgan fingerprint density at radius 2 is 2.20 bits per heavy atom. The summed E-state index contributed by atoms with van der Waals surface area (Å²) >= 11 is 6.03. The van der Waals surface area contributed by atoms with Crippen molar-refractivity contribution >= 4 is 17.6 Å². The van der Waals surface area contributed by atoms with Crippen molar-refractivity contribution in [3.8, 4) is 11.5 Å². The number of fused-ring (bicyclic) bond motifs is 1. The van der Waals surface area contributed by atoms with E-state index in [2.05, 4.69) is 9.88 Å². The van der Waals surface area contributed by atoms with Gasteiger partial charge in [-0.15, -0.1) is 0 Å². The predicted molar refractivity (Wildman–Crippen MR) is 94.3 cm³/mol. The van der Waals surface area contributed by atoms with Gasteiger partial charge in [0, 0.05) is 23.2 Å². The second kappa shape index (κ2) is 6.81. The Morgan fingerprint density at radius 3 is 3.00 bits per heavy atom. The monoisotopic (exact) mass is 360 g/mol. The Bertz CT molecular complexity index is 776. The first-order chi connectivity index (χ1) is 12.1. The fraction of sp³-hybridized carbons (Fsp3) is 0.474. The van der Waals surface area contributed by atoms with Crippen LogP contribution in [0.15, 0.2) is 34.9 Å². The summed E-state index contributed by atoms with van der Waals surface area (Å²) in [5.74, 6) is 0.283. The third-order valence-corrected chi connectivity index (χ3v) is 5.71. The molecule has 2 fully saturated rings. The molecule has 1 aromatic carbocycles. The molecular formula is C19H21ClN2O3. The van der Waals surface area contributed by atoms with Gasteiger partial charge in [0.05, 0.1) is 5.69 Å². The van der Waals surface area contributed by atoms with E-state index in [1.165, 1.54) is 12.8 Å². The molecule has 0 amide bonds. The topological polar surface area (TPSA) is 66.6 Å². The van der Waals surface area contributed by atoms with Crippen LogP contribution < -0.4 is 0 Å². The van der Waals surface area contributed by atoms with Crippen molar-refractivity contribution in [1.29, 1.82) is 0 Å². The third-order valence-electron chi connectivity index (χ3n) is 5.47. The molecule has 6 heteroatoms. The largest absolute Gasteiger partial charge is 0.480 e. The minimum atomic E-state index is -0.729. The Balaban J connectivity index is 1.55. The van der Waals surface area contributed by atoms with E-state index in [1.807, 2.05) is 18.2 Å². The number of hydrogen-bond acceptors (Lipinski definition) is 4. The van der Waals surface area contributed by atoms with E-state index in [0.717, 1.165) is 30.5 Å². The lowest BCUT2D eigenvalue weighted by atomic mass is 9.85. The maximum absolute atomic E-state index is 11.7. The van der Waals surface area contributed by atoms with Gasteiger partial charge in [-0.25, -0.2) is 4.98 Å². The number of hydrogen-bond donors (Lipinski definition) is 1. The van der Waals surface area contributed by atoms with Crippen molar-refractivity contribution in [2.24, 2.45) is 5.92 Å². The van der Waals surface area contributed by atoms with E-state index in [4.69, 9.17) is 16.0 Å². The molecule has 132 valence electrons. The fourth-order valence-electron chi connectivity index (χ4n) is 4.34. The van der Waals surface area contributed by atoms with Crippen molar-refractivity contribution < 1.29 is 14.3 Å². The zero-order valence-electron chi connectivity index (χ0n) is 13.9. The highest BCUT2D eigenvalue weighted by molar-refractivity contribution is 6.30. The third kappa shape index (κ3) is 3.31. The van der Waals surface area contributed by atoms with Crippen LogP contribution in [-0.4, -0.2) is 33.0 Å². The van der Waals surface area contributed by atoms with Crippen molar-refractivity contribution in [2.45, 2.75) is 50.7 Å². The first kappa shape index (κ1) is 16.6. The quantitative estimate of drug-likeness (QED) is 0.884. The van der Waals surface area contributed by atoms with E-state index in [-0.39, 0.29) is 0 Å². The highest BCUT2D eigenvalue weighted by Crippen LogP contribution is 2.40.